The minimum atomic E-state index is -0.312. The highest BCUT2D eigenvalue weighted by molar-refractivity contribution is 7.18. The molecule has 2 heterocycles. The highest BCUT2D eigenvalue weighted by atomic mass is 35.5. The first kappa shape index (κ1) is 20.3. The minimum Gasteiger partial charge on any atom is -0.468 e. The zero-order chi connectivity index (χ0) is 20.9. The second-order valence-corrected chi connectivity index (χ2v) is 7.94. The Bertz CT molecular complexity index is 1180. The summed E-state index contributed by atoms with van der Waals surface area (Å²) in [5.74, 6) is 0.322. The Labute approximate surface area is 182 Å². The van der Waals surface area contributed by atoms with Crippen molar-refractivity contribution < 1.29 is 9.53 Å². The number of esters is 1. The molecule has 4 aromatic rings. The number of anilines is 2. The number of ether oxygens (including phenoxy) is 1. The molecular weight excluding hydrogens is 420 g/mol. The van der Waals surface area contributed by atoms with Crippen molar-refractivity contribution in [1.29, 1.82) is 0 Å². The number of carbonyl (C=O) groups excluding carboxylic acids is 1. The predicted molar refractivity (Wildman–Crippen MR) is 121 cm³/mol. The van der Waals surface area contributed by atoms with Gasteiger partial charge in [-0.05, 0) is 17.7 Å². The number of hydrogen-bond acceptors (Lipinski definition) is 7. The number of nitrogens with zero attached hydrogens (tertiary/aromatic N) is 2. The van der Waals surface area contributed by atoms with Crippen LogP contribution >= 0.6 is 22.9 Å². The molecule has 0 aliphatic heterocycles. The van der Waals surface area contributed by atoms with Gasteiger partial charge in [0.1, 0.15) is 10.5 Å². The molecule has 0 amide bonds. The van der Waals surface area contributed by atoms with Gasteiger partial charge in [0.05, 0.1) is 29.1 Å². The number of thiazole rings is 1. The standard InChI is InChI=1S/C22H19ClN4O2S/c1-29-19(28)13-24-12-18-27-21-17(30-18)10-11-25-22(21)26-16-9-5-8-15(20(16)23)14-6-3-2-4-7-14/h2-11,24H,12-13H2,1H3,(H,25,26). The molecule has 6 nitrogen and oxygen atoms in total. The number of rotatable bonds is 7. The summed E-state index contributed by atoms with van der Waals surface area (Å²) in [5.41, 5.74) is 3.51. The van der Waals surface area contributed by atoms with Crippen LogP contribution in [0.1, 0.15) is 5.01 Å². The molecule has 0 radical (unpaired) electrons. The molecule has 2 N–H and O–H groups in total. The molecule has 0 saturated heterocycles. The molecule has 0 unspecified atom stereocenters. The van der Waals surface area contributed by atoms with Crippen LogP contribution in [0.2, 0.25) is 5.02 Å². The Balaban J connectivity index is 1.59. The Morgan fingerprint density at radius 3 is 2.77 bits per heavy atom. The SMILES string of the molecule is COC(=O)CNCc1nc2c(Nc3cccc(-c4ccccc4)c3Cl)nccc2s1. The van der Waals surface area contributed by atoms with Crippen LogP contribution in [0.4, 0.5) is 11.5 Å². The van der Waals surface area contributed by atoms with Crippen molar-refractivity contribution in [2.75, 3.05) is 19.0 Å². The van der Waals surface area contributed by atoms with Gasteiger partial charge in [0.25, 0.3) is 0 Å². The van der Waals surface area contributed by atoms with Gasteiger partial charge < -0.3 is 15.4 Å². The lowest BCUT2D eigenvalue weighted by Crippen LogP contribution is -2.23. The molecule has 0 fully saturated rings. The maximum absolute atomic E-state index is 11.3. The molecule has 2 aromatic carbocycles. The van der Waals surface area contributed by atoms with Gasteiger partial charge in [-0.2, -0.15) is 0 Å². The summed E-state index contributed by atoms with van der Waals surface area (Å²) in [4.78, 5) is 20.4. The first-order valence-corrected chi connectivity index (χ1v) is 10.5. The molecule has 0 saturated carbocycles. The Morgan fingerprint density at radius 2 is 1.97 bits per heavy atom. The van der Waals surface area contributed by atoms with E-state index in [1.807, 2.05) is 54.6 Å². The predicted octanol–water partition coefficient (Wildman–Crippen LogP) is 5.02. The van der Waals surface area contributed by atoms with Crippen LogP contribution in [0, 0.1) is 0 Å². The van der Waals surface area contributed by atoms with Crippen molar-refractivity contribution in [3.8, 4) is 11.1 Å². The highest BCUT2D eigenvalue weighted by Crippen LogP contribution is 2.36. The third kappa shape index (κ3) is 4.43. The minimum absolute atomic E-state index is 0.137. The zero-order valence-corrected chi connectivity index (χ0v) is 17.8. The average Bonchev–Trinajstić information content (AvgIpc) is 3.19. The second-order valence-electron chi connectivity index (χ2n) is 6.45. The van der Waals surface area contributed by atoms with Gasteiger partial charge in [0, 0.05) is 18.3 Å². The molecule has 4 rings (SSSR count). The first-order valence-electron chi connectivity index (χ1n) is 9.28. The van der Waals surface area contributed by atoms with Crippen LogP contribution in [0.5, 0.6) is 0 Å². The third-order valence-electron chi connectivity index (χ3n) is 4.46. The van der Waals surface area contributed by atoms with Crippen LogP contribution in [0.15, 0.2) is 60.8 Å². The van der Waals surface area contributed by atoms with Gasteiger partial charge in [0.2, 0.25) is 0 Å². The lowest BCUT2D eigenvalue weighted by Gasteiger charge is -2.12. The molecule has 0 bridgehead atoms. The van der Waals surface area contributed by atoms with E-state index in [1.165, 1.54) is 7.11 Å². The van der Waals surface area contributed by atoms with Crippen molar-refractivity contribution in [3.05, 3.63) is 70.8 Å². The summed E-state index contributed by atoms with van der Waals surface area (Å²) in [6.07, 6.45) is 1.74. The maximum atomic E-state index is 11.3. The van der Waals surface area contributed by atoms with Gasteiger partial charge in [-0.3, -0.25) is 4.79 Å². The molecule has 8 heteroatoms. The van der Waals surface area contributed by atoms with Crippen molar-refractivity contribution in [1.82, 2.24) is 15.3 Å². The fourth-order valence-electron chi connectivity index (χ4n) is 3.01. The van der Waals surface area contributed by atoms with Crippen LogP contribution < -0.4 is 10.6 Å². The number of aromatic nitrogens is 2. The highest BCUT2D eigenvalue weighted by Gasteiger charge is 2.13. The van der Waals surface area contributed by atoms with Crippen LogP contribution in [-0.2, 0) is 16.1 Å². The van der Waals surface area contributed by atoms with Crippen molar-refractivity contribution >= 4 is 50.6 Å². The fraction of sp³-hybridized carbons (Fsp3) is 0.136. The molecular formula is C22H19ClN4O2S. The second kappa shape index (κ2) is 9.21. The Kier molecular flexibility index (Phi) is 6.23. The van der Waals surface area contributed by atoms with E-state index in [2.05, 4.69) is 25.3 Å². The van der Waals surface area contributed by atoms with E-state index in [0.717, 1.165) is 32.0 Å². The Morgan fingerprint density at radius 1 is 1.13 bits per heavy atom. The topological polar surface area (TPSA) is 76.1 Å². The fourth-order valence-corrected chi connectivity index (χ4v) is 4.22. The van der Waals surface area contributed by atoms with E-state index < -0.39 is 0 Å². The zero-order valence-electron chi connectivity index (χ0n) is 16.2. The molecule has 0 spiro atoms. The maximum Gasteiger partial charge on any atom is 0.319 e. The third-order valence-corrected chi connectivity index (χ3v) is 5.89. The van der Waals surface area contributed by atoms with Crippen LogP contribution in [0.3, 0.4) is 0 Å². The van der Waals surface area contributed by atoms with E-state index in [1.54, 1.807) is 17.5 Å². The summed E-state index contributed by atoms with van der Waals surface area (Å²) in [5, 5.41) is 7.84. The van der Waals surface area contributed by atoms with Gasteiger partial charge >= 0.3 is 5.97 Å². The van der Waals surface area contributed by atoms with E-state index in [0.29, 0.717) is 17.4 Å². The summed E-state index contributed by atoms with van der Waals surface area (Å²) < 4.78 is 5.63. The number of halogens is 1. The number of pyridine rings is 1. The molecule has 2 aromatic heterocycles. The van der Waals surface area contributed by atoms with Gasteiger partial charge in [-0.1, -0.05) is 54.1 Å². The van der Waals surface area contributed by atoms with Crippen LogP contribution in [-0.4, -0.2) is 29.6 Å². The number of methoxy groups -OCH3 is 1. The first-order chi connectivity index (χ1) is 14.7. The number of carbonyl (C=O) groups is 1. The van der Waals surface area contributed by atoms with E-state index in [9.17, 15) is 4.79 Å². The molecule has 0 atom stereocenters. The molecule has 0 aliphatic rings. The van der Waals surface area contributed by atoms with Crippen molar-refractivity contribution in [2.45, 2.75) is 6.54 Å². The largest absolute Gasteiger partial charge is 0.468 e. The summed E-state index contributed by atoms with van der Waals surface area (Å²) in [6, 6.07) is 17.8. The number of nitrogens with one attached hydrogen (secondary N) is 2. The average molecular weight is 439 g/mol. The van der Waals surface area contributed by atoms with Crippen molar-refractivity contribution in [3.63, 3.8) is 0 Å². The lowest BCUT2D eigenvalue weighted by atomic mass is 10.1. The molecule has 30 heavy (non-hydrogen) atoms. The Hall–Kier alpha value is -3.00. The monoisotopic (exact) mass is 438 g/mol. The van der Waals surface area contributed by atoms with E-state index >= 15 is 0 Å². The number of hydrogen-bond donors (Lipinski definition) is 2. The van der Waals surface area contributed by atoms with Gasteiger partial charge in [-0.25, -0.2) is 9.97 Å². The normalized spacial score (nSPS) is 10.9. The lowest BCUT2D eigenvalue weighted by molar-refractivity contribution is -0.139. The van der Waals surface area contributed by atoms with Crippen molar-refractivity contribution in [2.24, 2.45) is 0 Å². The molecule has 0 aliphatic carbocycles. The summed E-state index contributed by atoms with van der Waals surface area (Å²) in [7, 11) is 1.36. The number of fused-ring (bicyclic) bond motifs is 1. The van der Waals surface area contributed by atoms with E-state index in [-0.39, 0.29) is 12.5 Å². The summed E-state index contributed by atoms with van der Waals surface area (Å²) in [6.45, 7) is 0.607. The van der Waals surface area contributed by atoms with Gasteiger partial charge in [-0.15, -0.1) is 11.3 Å². The number of benzene rings is 2. The van der Waals surface area contributed by atoms with Crippen LogP contribution in [0.25, 0.3) is 21.3 Å². The smallest absolute Gasteiger partial charge is 0.319 e. The van der Waals surface area contributed by atoms with Gasteiger partial charge in [0.15, 0.2) is 5.82 Å². The summed E-state index contributed by atoms with van der Waals surface area (Å²) >= 11 is 8.25. The molecule has 152 valence electrons. The van der Waals surface area contributed by atoms with E-state index in [4.69, 9.17) is 11.6 Å². The quantitative estimate of drug-likeness (QED) is 0.395.